The average molecular weight is 472 g/mol. The predicted molar refractivity (Wildman–Crippen MR) is 128 cm³/mol. The van der Waals surface area contributed by atoms with E-state index in [1.165, 1.54) is 4.31 Å². The van der Waals surface area contributed by atoms with Crippen molar-refractivity contribution in [2.45, 2.75) is 51.0 Å². The summed E-state index contributed by atoms with van der Waals surface area (Å²) in [4.78, 5) is 26.1. The fourth-order valence-electron chi connectivity index (χ4n) is 4.08. The maximum atomic E-state index is 13.0. The highest BCUT2D eigenvalue weighted by molar-refractivity contribution is 7.89. The van der Waals surface area contributed by atoms with Crippen molar-refractivity contribution in [2.75, 3.05) is 19.6 Å². The topological polar surface area (TPSA) is 95.6 Å². The molecular weight excluding hydrogens is 438 g/mol. The number of hydrogen-bond donors (Lipinski definition) is 2. The summed E-state index contributed by atoms with van der Waals surface area (Å²) in [6.45, 7) is 6.92. The highest BCUT2D eigenvalue weighted by atomic mass is 32.2. The largest absolute Gasteiger partial charge is 0.354 e. The van der Waals surface area contributed by atoms with Crippen molar-refractivity contribution in [1.29, 1.82) is 0 Å². The molecule has 2 N–H and O–H groups in total. The van der Waals surface area contributed by atoms with E-state index in [1.807, 2.05) is 32.9 Å². The van der Waals surface area contributed by atoms with E-state index < -0.39 is 16.1 Å². The molecule has 0 bridgehead atoms. The van der Waals surface area contributed by atoms with Gasteiger partial charge in [0.2, 0.25) is 15.9 Å². The molecular formula is C25H33N3O4S. The van der Waals surface area contributed by atoms with E-state index in [-0.39, 0.29) is 22.6 Å². The van der Waals surface area contributed by atoms with Gasteiger partial charge in [-0.1, -0.05) is 42.3 Å². The van der Waals surface area contributed by atoms with Gasteiger partial charge in [-0.3, -0.25) is 9.59 Å². The maximum absolute atomic E-state index is 13.0. The third kappa shape index (κ3) is 6.21. The Kier molecular flexibility index (Phi) is 8.26. The van der Waals surface area contributed by atoms with Gasteiger partial charge in [-0.25, -0.2) is 8.42 Å². The molecule has 0 aliphatic carbocycles. The first-order chi connectivity index (χ1) is 15.7. The van der Waals surface area contributed by atoms with E-state index in [2.05, 4.69) is 10.6 Å². The fourth-order valence-corrected chi connectivity index (χ4v) is 5.54. The molecule has 2 aromatic rings. The third-order valence-corrected chi connectivity index (χ3v) is 7.94. The van der Waals surface area contributed by atoms with E-state index in [0.717, 1.165) is 17.5 Å². The summed E-state index contributed by atoms with van der Waals surface area (Å²) >= 11 is 0. The van der Waals surface area contributed by atoms with Crippen LogP contribution >= 0.6 is 0 Å². The normalized spacial score (nSPS) is 16.2. The van der Waals surface area contributed by atoms with Crippen molar-refractivity contribution in [1.82, 2.24) is 14.9 Å². The molecule has 0 spiro atoms. The highest BCUT2D eigenvalue weighted by Gasteiger charge is 2.36. The minimum Gasteiger partial charge on any atom is -0.354 e. The van der Waals surface area contributed by atoms with Crippen LogP contribution in [0.25, 0.3) is 0 Å². The Morgan fingerprint density at radius 3 is 2.30 bits per heavy atom. The maximum Gasteiger partial charge on any atom is 0.251 e. The van der Waals surface area contributed by atoms with Crippen LogP contribution < -0.4 is 10.6 Å². The molecule has 1 fully saturated rings. The number of carbonyl (C=O) groups is 2. The monoisotopic (exact) mass is 471 g/mol. The standard InChI is InChI=1S/C25H33N3O4S/c1-4-14-26-25(30)23(27-24(29)21-7-5-6-19(3)17-21)20-12-15-28(16-13-20)33(31,32)22-10-8-18(2)9-11-22/h5-11,17,20,23H,4,12-16H2,1-3H3,(H,26,30)(H,27,29)/t23-/m1/s1. The van der Waals surface area contributed by atoms with E-state index in [0.29, 0.717) is 38.0 Å². The molecule has 3 rings (SSSR count). The summed E-state index contributed by atoms with van der Waals surface area (Å²) < 4.78 is 27.5. The van der Waals surface area contributed by atoms with Gasteiger partial charge in [-0.05, 0) is 63.3 Å². The van der Waals surface area contributed by atoms with Crippen molar-refractivity contribution in [2.24, 2.45) is 5.92 Å². The SMILES string of the molecule is CCCNC(=O)[C@H](NC(=O)c1cccc(C)c1)C1CCN(S(=O)(=O)c2ccc(C)cc2)CC1. The molecule has 1 aliphatic heterocycles. The summed E-state index contributed by atoms with van der Waals surface area (Å²) in [5.41, 5.74) is 2.46. The number of rotatable bonds is 8. The zero-order valence-electron chi connectivity index (χ0n) is 19.5. The number of sulfonamides is 1. The lowest BCUT2D eigenvalue weighted by Crippen LogP contribution is -2.53. The lowest BCUT2D eigenvalue weighted by molar-refractivity contribution is -0.124. The zero-order chi connectivity index (χ0) is 24.0. The summed E-state index contributed by atoms with van der Waals surface area (Å²) in [6.07, 6.45) is 1.77. The number of benzene rings is 2. The average Bonchev–Trinajstić information content (AvgIpc) is 2.81. The molecule has 2 amide bonds. The first-order valence-electron chi connectivity index (χ1n) is 11.4. The van der Waals surface area contributed by atoms with Gasteiger partial charge in [-0.2, -0.15) is 4.31 Å². The van der Waals surface area contributed by atoms with Crippen LogP contribution in [0.3, 0.4) is 0 Å². The molecule has 0 unspecified atom stereocenters. The van der Waals surface area contributed by atoms with Crippen molar-refractivity contribution >= 4 is 21.8 Å². The molecule has 1 saturated heterocycles. The Morgan fingerprint density at radius 1 is 1.03 bits per heavy atom. The molecule has 0 saturated carbocycles. The van der Waals surface area contributed by atoms with Crippen molar-refractivity contribution in [3.63, 3.8) is 0 Å². The Balaban J connectivity index is 1.72. The van der Waals surface area contributed by atoms with E-state index >= 15 is 0 Å². The molecule has 1 aliphatic rings. The van der Waals surface area contributed by atoms with Gasteiger partial charge < -0.3 is 10.6 Å². The fraction of sp³-hybridized carbons (Fsp3) is 0.440. The van der Waals surface area contributed by atoms with E-state index in [9.17, 15) is 18.0 Å². The number of amides is 2. The molecule has 0 radical (unpaired) electrons. The highest BCUT2D eigenvalue weighted by Crippen LogP contribution is 2.26. The summed E-state index contributed by atoms with van der Waals surface area (Å²) in [7, 11) is -3.59. The molecule has 178 valence electrons. The Hall–Kier alpha value is -2.71. The molecule has 33 heavy (non-hydrogen) atoms. The smallest absolute Gasteiger partial charge is 0.251 e. The quantitative estimate of drug-likeness (QED) is 0.619. The van der Waals surface area contributed by atoms with Crippen LogP contribution in [0.4, 0.5) is 0 Å². The Morgan fingerprint density at radius 2 is 1.70 bits per heavy atom. The second kappa shape index (κ2) is 10.9. The third-order valence-electron chi connectivity index (χ3n) is 6.03. The van der Waals surface area contributed by atoms with Gasteiger partial charge in [-0.15, -0.1) is 0 Å². The van der Waals surface area contributed by atoms with Gasteiger partial charge >= 0.3 is 0 Å². The van der Waals surface area contributed by atoms with Crippen LogP contribution in [-0.2, 0) is 14.8 Å². The Bertz CT molecular complexity index is 1080. The predicted octanol–water partition coefficient (Wildman–Crippen LogP) is 3.03. The summed E-state index contributed by atoms with van der Waals surface area (Å²) in [6, 6.07) is 13.3. The second-order valence-electron chi connectivity index (χ2n) is 8.67. The minimum atomic E-state index is -3.59. The van der Waals surface area contributed by atoms with Gasteiger partial charge in [0.25, 0.3) is 5.91 Å². The number of nitrogens with one attached hydrogen (secondary N) is 2. The lowest BCUT2D eigenvalue weighted by Gasteiger charge is -2.35. The molecule has 2 aromatic carbocycles. The van der Waals surface area contributed by atoms with Crippen LogP contribution in [0.1, 0.15) is 47.7 Å². The van der Waals surface area contributed by atoms with Crippen LogP contribution in [0.2, 0.25) is 0 Å². The van der Waals surface area contributed by atoms with Crippen LogP contribution in [0.15, 0.2) is 53.4 Å². The minimum absolute atomic E-state index is 0.153. The first-order valence-corrected chi connectivity index (χ1v) is 12.9. The zero-order valence-corrected chi connectivity index (χ0v) is 20.3. The molecule has 8 heteroatoms. The molecule has 1 heterocycles. The molecule has 1 atom stereocenters. The van der Waals surface area contributed by atoms with E-state index in [1.54, 1.807) is 36.4 Å². The Labute approximate surface area is 196 Å². The molecule has 0 aromatic heterocycles. The number of piperidine rings is 1. The van der Waals surface area contributed by atoms with E-state index in [4.69, 9.17) is 0 Å². The van der Waals surface area contributed by atoms with Crippen molar-refractivity contribution < 1.29 is 18.0 Å². The van der Waals surface area contributed by atoms with Gasteiger partial charge in [0.15, 0.2) is 0 Å². The number of aryl methyl sites for hydroxylation is 2. The number of hydrogen-bond acceptors (Lipinski definition) is 4. The summed E-state index contributed by atoms with van der Waals surface area (Å²) in [5.74, 6) is -0.678. The van der Waals surface area contributed by atoms with Crippen molar-refractivity contribution in [3.8, 4) is 0 Å². The summed E-state index contributed by atoms with van der Waals surface area (Å²) in [5, 5.41) is 5.80. The van der Waals surface area contributed by atoms with Crippen LogP contribution in [0.5, 0.6) is 0 Å². The van der Waals surface area contributed by atoms with Gasteiger partial charge in [0.1, 0.15) is 6.04 Å². The molecule has 7 nitrogen and oxygen atoms in total. The van der Waals surface area contributed by atoms with Crippen LogP contribution in [-0.4, -0.2) is 50.2 Å². The van der Waals surface area contributed by atoms with Gasteiger partial charge in [0.05, 0.1) is 4.90 Å². The number of nitrogens with zero attached hydrogens (tertiary/aromatic N) is 1. The van der Waals surface area contributed by atoms with Gasteiger partial charge in [0, 0.05) is 25.2 Å². The second-order valence-corrected chi connectivity index (χ2v) is 10.6. The van der Waals surface area contributed by atoms with Crippen molar-refractivity contribution in [3.05, 3.63) is 65.2 Å². The number of carbonyl (C=O) groups excluding carboxylic acids is 2. The first kappa shape index (κ1) is 24.9. The van der Waals surface area contributed by atoms with Crippen LogP contribution in [0, 0.1) is 19.8 Å². The lowest BCUT2D eigenvalue weighted by atomic mass is 9.89.